The van der Waals surface area contributed by atoms with E-state index in [1.807, 2.05) is 47.4 Å². The summed E-state index contributed by atoms with van der Waals surface area (Å²) in [6.45, 7) is 14.0. The van der Waals surface area contributed by atoms with Gasteiger partial charge in [-0.05, 0) is 84.2 Å². The molecule has 0 aliphatic carbocycles. The van der Waals surface area contributed by atoms with Crippen LogP contribution in [0.25, 0.3) is 0 Å². The molecule has 0 radical (unpaired) electrons. The second-order valence-corrected chi connectivity index (χ2v) is 15.3. The Morgan fingerprint density at radius 1 is 0.830 bits per heavy atom. The molecule has 0 saturated carbocycles. The van der Waals surface area contributed by atoms with Crippen LogP contribution in [-0.2, 0) is 49.2 Å². The summed E-state index contributed by atoms with van der Waals surface area (Å²) in [5.74, 6) is 0.936. The molecule has 288 valence electrons. The van der Waals surface area contributed by atoms with Crippen LogP contribution in [0.2, 0.25) is 0 Å². The largest absolute Gasteiger partial charge is 0.497 e. The Bertz CT molecular complexity index is 1650. The van der Waals surface area contributed by atoms with Gasteiger partial charge in [0.15, 0.2) is 6.29 Å². The van der Waals surface area contributed by atoms with Crippen LogP contribution in [0.15, 0.2) is 60.7 Å². The molecular weight excluding hydrogens is 672 g/mol. The van der Waals surface area contributed by atoms with Gasteiger partial charge in [0.1, 0.15) is 5.75 Å². The molecule has 3 aromatic rings. The molecular formula is C43H58N2O8. The SMILES string of the molecule is CC(C)(COCCO)c1ccc2c(c1)CCNC2=O.COc1ccc(CN2CCc3cc(C(C)(C)COCCOC4CCCCO4)ccc3C2=O)cc1. The number of aliphatic hydroxyl groups is 1. The van der Waals surface area contributed by atoms with Gasteiger partial charge in [-0.15, -0.1) is 0 Å². The van der Waals surface area contributed by atoms with E-state index < -0.39 is 0 Å². The minimum absolute atomic E-state index is 0.0159. The van der Waals surface area contributed by atoms with E-state index >= 15 is 0 Å². The third-order valence-corrected chi connectivity index (χ3v) is 10.2. The summed E-state index contributed by atoms with van der Waals surface area (Å²) in [4.78, 5) is 26.8. The Balaban J connectivity index is 0.000000241. The van der Waals surface area contributed by atoms with Crippen molar-refractivity contribution in [1.82, 2.24) is 10.2 Å². The van der Waals surface area contributed by atoms with Gasteiger partial charge in [-0.3, -0.25) is 9.59 Å². The first-order valence-electron chi connectivity index (χ1n) is 19.0. The van der Waals surface area contributed by atoms with Crippen LogP contribution in [0.3, 0.4) is 0 Å². The fourth-order valence-corrected chi connectivity index (χ4v) is 6.88. The highest BCUT2D eigenvalue weighted by molar-refractivity contribution is 5.97. The summed E-state index contributed by atoms with van der Waals surface area (Å²) in [7, 11) is 1.66. The average molecular weight is 731 g/mol. The Morgan fingerprint density at radius 2 is 1.49 bits per heavy atom. The molecule has 2 N–H and O–H groups in total. The number of rotatable bonds is 15. The minimum atomic E-state index is -0.153. The van der Waals surface area contributed by atoms with Crippen molar-refractivity contribution in [3.63, 3.8) is 0 Å². The predicted molar refractivity (Wildman–Crippen MR) is 205 cm³/mol. The molecule has 3 heterocycles. The average Bonchev–Trinajstić information content (AvgIpc) is 3.16. The summed E-state index contributed by atoms with van der Waals surface area (Å²) in [5, 5.41) is 11.6. The Morgan fingerprint density at radius 3 is 2.13 bits per heavy atom. The molecule has 0 aromatic heterocycles. The van der Waals surface area contributed by atoms with Crippen LogP contribution in [0.1, 0.15) is 95.5 Å². The summed E-state index contributed by atoms with van der Waals surface area (Å²) < 4.78 is 28.0. The number of nitrogens with zero attached hydrogens (tertiary/aromatic N) is 1. The molecule has 10 heteroatoms. The smallest absolute Gasteiger partial charge is 0.254 e. The molecule has 3 aliphatic rings. The number of fused-ring (bicyclic) bond motifs is 2. The van der Waals surface area contributed by atoms with E-state index in [1.54, 1.807) is 7.11 Å². The molecule has 3 aliphatic heterocycles. The number of methoxy groups -OCH3 is 1. The van der Waals surface area contributed by atoms with Crippen molar-refractivity contribution in [3.05, 3.63) is 99.6 Å². The van der Waals surface area contributed by atoms with Crippen molar-refractivity contribution in [1.29, 1.82) is 0 Å². The quantitative estimate of drug-likeness (QED) is 0.184. The standard InChI is InChI=1S/C28H37NO5.C15H21NO3/c1-28(2,20-32-16-17-34-26-6-4-5-15-33-26)23-9-12-25-22(18-23)13-14-29(27(25)30)19-21-7-10-24(31-3)11-8-21;1-15(2,10-19-8-7-17)12-3-4-13-11(9-12)5-6-16-14(13)18/h7-12,18,26H,4-6,13-17,19-20H2,1-3H3;3-4,9,17H,5-8,10H2,1-2H3,(H,16,18). The third-order valence-electron chi connectivity index (χ3n) is 10.2. The van der Waals surface area contributed by atoms with Crippen molar-refractivity contribution >= 4 is 11.8 Å². The molecule has 53 heavy (non-hydrogen) atoms. The van der Waals surface area contributed by atoms with E-state index in [0.29, 0.717) is 46.1 Å². The van der Waals surface area contributed by atoms with Crippen LogP contribution < -0.4 is 10.1 Å². The highest BCUT2D eigenvalue weighted by Gasteiger charge is 2.28. The van der Waals surface area contributed by atoms with E-state index in [-0.39, 0.29) is 35.5 Å². The molecule has 1 unspecified atom stereocenters. The van der Waals surface area contributed by atoms with Crippen molar-refractivity contribution < 1.29 is 38.4 Å². The highest BCUT2D eigenvalue weighted by atomic mass is 16.7. The number of hydrogen-bond acceptors (Lipinski definition) is 8. The van der Waals surface area contributed by atoms with Gasteiger partial charge in [0, 0.05) is 48.2 Å². The molecule has 1 fully saturated rings. The molecule has 3 aromatic carbocycles. The van der Waals surface area contributed by atoms with Crippen LogP contribution in [0.5, 0.6) is 5.75 Å². The zero-order valence-corrected chi connectivity index (χ0v) is 32.2. The fraction of sp³-hybridized carbons (Fsp3) is 0.535. The number of hydrogen-bond donors (Lipinski definition) is 2. The molecule has 6 rings (SSSR count). The first kappa shape index (κ1) is 40.4. The Kier molecular flexibility index (Phi) is 14.5. The van der Waals surface area contributed by atoms with Crippen molar-refractivity contribution in [2.24, 2.45) is 0 Å². The van der Waals surface area contributed by atoms with E-state index in [9.17, 15) is 9.59 Å². The lowest BCUT2D eigenvalue weighted by Gasteiger charge is -2.31. The van der Waals surface area contributed by atoms with Gasteiger partial charge < -0.3 is 39.0 Å². The Hall–Kier alpha value is -3.80. The number of carbonyl (C=O) groups is 2. The van der Waals surface area contributed by atoms with E-state index in [2.05, 4.69) is 51.2 Å². The Labute approximate surface area is 315 Å². The second-order valence-electron chi connectivity index (χ2n) is 15.3. The highest BCUT2D eigenvalue weighted by Crippen LogP contribution is 2.30. The molecule has 1 atom stereocenters. The normalized spacial score (nSPS) is 17.3. The van der Waals surface area contributed by atoms with Crippen LogP contribution >= 0.6 is 0 Å². The fourth-order valence-electron chi connectivity index (χ4n) is 6.88. The molecule has 2 amide bonds. The predicted octanol–water partition coefficient (Wildman–Crippen LogP) is 5.99. The number of nitrogens with one attached hydrogen (secondary N) is 1. The van der Waals surface area contributed by atoms with Gasteiger partial charge in [-0.2, -0.15) is 0 Å². The molecule has 1 saturated heterocycles. The zero-order chi connectivity index (χ0) is 37.8. The maximum atomic E-state index is 13.1. The lowest BCUT2D eigenvalue weighted by atomic mass is 9.82. The van der Waals surface area contributed by atoms with E-state index in [4.69, 9.17) is 28.8 Å². The number of ether oxygens (including phenoxy) is 5. The van der Waals surface area contributed by atoms with E-state index in [1.165, 1.54) is 17.5 Å². The van der Waals surface area contributed by atoms with Gasteiger partial charge in [0.2, 0.25) is 0 Å². The maximum Gasteiger partial charge on any atom is 0.254 e. The summed E-state index contributed by atoms with van der Waals surface area (Å²) in [6.07, 6.45) is 4.92. The number of carbonyl (C=O) groups excluding carboxylic acids is 2. The maximum absolute atomic E-state index is 13.1. The van der Waals surface area contributed by atoms with Crippen molar-refractivity contribution in [2.75, 3.05) is 66.4 Å². The van der Waals surface area contributed by atoms with Crippen molar-refractivity contribution in [2.45, 2.75) is 83.5 Å². The van der Waals surface area contributed by atoms with Crippen LogP contribution in [0, 0.1) is 0 Å². The molecule has 0 bridgehead atoms. The lowest BCUT2D eigenvalue weighted by Crippen LogP contribution is -2.37. The summed E-state index contributed by atoms with van der Waals surface area (Å²) >= 11 is 0. The van der Waals surface area contributed by atoms with Gasteiger partial charge in [0.05, 0.1) is 46.8 Å². The molecule has 0 spiro atoms. The number of benzene rings is 3. The molecule has 10 nitrogen and oxygen atoms in total. The van der Waals surface area contributed by atoms with Crippen molar-refractivity contribution in [3.8, 4) is 5.75 Å². The van der Waals surface area contributed by atoms with Gasteiger partial charge in [-0.1, -0.05) is 64.1 Å². The monoisotopic (exact) mass is 730 g/mol. The van der Waals surface area contributed by atoms with Crippen LogP contribution in [-0.4, -0.2) is 94.6 Å². The van der Waals surface area contributed by atoms with Crippen LogP contribution in [0.4, 0.5) is 0 Å². The number of aliphatic hydroxyl groups excluding tert-OH is 1. The summed E-state index contributed by atoms with van der Waals surface area (Å²) in [6, 6.07) is 20.1. The van der Waals surface area contributed by atoms with Gasteiger partial charge in [-0.25, -0.2) is 0 Å². The van der Waals surface area contributed by atoms with E-state index in [0.717, 1.165) is 72.4 Å². The topological polar surface area (TPSA) is 116 Å². The van der Waals surface area contributed by atoms with Gasteiger partial charge in [0.25, 0.3) is 11.8 Å². The lowest BCUT2D eigenvalue weighted by molar-refractivity contribution is -0.169. The minimum Gasteiger partial charge on any atom is -0.497 e. The first-order valence-corrected chi connectivity index (χ1v) is 19.0. The third kappa shape index (κ3) is 11.1. The first-order chi connectivity index (χ1) is 25.5. The van der Waals surface area contributed by atoms with Gasteiger partial charge >= 0.3 is 0 Å². The second kappa shape index (κ2) is 19.0. The zero-order valence-electron chi connectivity index (χ0n) is 32.2. The number of amides is 2. The summed E-state index contributed by atoms with van der Waals surface area (Å²) in [5.41, 5.74) is 7.00.